The van der Waals surface area contributed by atoms with Crippen LogP contribution in [0, 0.1) is 0 Å². The van der Waals surface area contributed by atoms with Crippen molar-refractivity contribution in [2.24, 2.45) is 0 Å². The number of nitrogens with one attached hydrogen (secondary N) is 3. The average Bonchev–Trinajstić information content (AvgIpc) is 2.90. The van der Waals surface area contributed by atoms with E-state index in [1.807, 2.05) is 18.2 Å². The number of hydrogen-bond donors (Lipinski definition) is 3. The molecular formula is C16H20ClN3O. The molecule has 112 valence electrons. The standard InChI is InChI=1S/C16H20ClN3O/c1-18-16(21)20-12-4-2-3-10(7-12)14-9-19-15-6-5-11(17)8-13(14)15/h5-6,8-10,12,19H,2-4,7H2,1H3,(H2,18,20,21)/t10-,12+/m1/s1. The molecule has 4 nitrogen and oxygen atoms in total. The topological polar surface area (TPSA) is 56.9 Å². The number of carbonyl (C=O) groups is 1. The van der Waals surface area contributed by atoms with E-state index in [0.717, 1.165) is 36.2 Å². The van der Waals surface area contributed by atoms with Crippen LogP contribution in [0.4, 0.5) is 4.79 Å². The lowest BCUT2D eigenvalue weighted by Crippen LogP contribution is -2.42. The highest BCUT2D eigenvalue weighted by Crippen LogP contribution is 2.37. The van der Waals surface area contributed by atoms with Gasteiger partial charge in [-0.05, 0) is 48.9 Å². The van der Waals surface area contributed by atoms with Gasteiger partial charge in [-0.2, -0.15) is 0 Å². The van der Waals surface area contributed by atoms with Crippen molar-refractivity contribution in [2.45, 2.75) is 37.6 Å². The van der Waals surface area contributed by atoms with E-state index in [-0.39, 0.29) is 12.1 Å². The maximum absolute atomic E-state index is 11.5. The van der Waals surface area contributed by atoms with E-state index in [4.69, 9.17) is 11.6 Å². The third-order valence-corrected chi connectivity index (χ3v) is 4.59. The summed E-state index contributed by atoms with van der Waals surface area (Å²) in [6.07, 6.45) is 6.41. The number of aromatic nitrogens is 1. The molecule has 5 heteroatoms. The smallest absolute Gasteiger partial charge is 0.314 e. The number of benzene rings is 1. The van der Waals surface area contributed by atoms with Crippen LogP contribution in [0.15, 0.2) is 24.4 Å². The molecule has 1 aliphatic rings. The summed E-state index contributed by atoms with van der Waals surface area (Å²) in [5, 5.41) is 7.62. The Bertz CT molecular complexity index is 652. The van der Waals surface area contributed by atoms with Gasteiger partial charge in [0.05, 0.1) is 0 Å². The molecule has 1 heterocycles. The summed E-state index contributed by atoms with van der Waals surface area (Å²) in [5.74, 6) is 0.466. The number of halogens is 1. The summed E-state index contributed by atoms with van der Waals surface area (Å²) in [4.78, 5) is 14.8. The van der Waals surface area contributed by atoms with Crippen LogP contribution in [0.1, 0.15) is 37.2 Å². The molecule has 0 unspecified atom stereocenters. The summed E-state index contributed by atoms with van der Waals surface area (Å²) in [6, 6.07) is 6.10. The third kappa shape index (κ3) is 3.00. The first kappa shape index (κ1) is 14.3. The van der Waals surface area contributed by atoms with E-state index in [2.05, 4.69) is 21.8 Å². The van der Waals surface area contributed by atoms with Gasteiger partial charge >= 0.3 is 6.03 Å². The number of H-pyrrole nitrogens is 1. The van der Waals surface area contributed by atoms with E-state index in [1.54, 1.807) is 7.05 Å². The second-order valence-electron chi connectivity index (χ2n) is 5.72. The Balaban J connectivity index is 1.81. The molecule has 1 aromatic carbocycles. The molecule has 2 atom stereocenters. The minimum absolute atomic E-state index is 0.0948. The fourth-order valence-electron chi connectivity index (χ4n) is 3.31. The van der Waals surface area contributed by atoms with Crippen LogP contribution in [0.25, 0.3) is 10.9 Å². The molecule has 3 N–H and O–H groups in total. The highest BCUT2D eigenvalue weighted by atomic mass is 35.5. The van der Waals surface area contributed by atoms with Gasteiger partial charge in [0.2, 0.25) is 0 Å². The van der Waals surface area contributed by atoms with Crippen LogP contribution in [-0.4, -0.2) is 24.1 Å². The predicted molar refractivity (Wildman–Crippen MR) is 85.9 cm³/mol. The maximum atomic E-state index is 11.5. The number of hydrogen-bond acceptors (Lipinski definition) is 1. The minimum Gasteiger partial charge on any atom is -0.361 e. The molecule has 3 rings (SSSR count). The van der Waals surface area contributed by atoms with Crippen molar-refractivity contribution in [3.05, 3.63) is 35.0 Å². The lowest BCUT2D eigenvalue weighted by atomic mass is 9.81. The van der Waals surface area contributed by atoms with Gasteiger partial charge in [-0.1, -0.05) is 18.0 Å². The van der Waals surface area contributed by atoms with Crippen LogP contribution in [0.3, 0.4) is 0 Å². The summed E-state index contributed by atoms with van der Waals surface area (Å²) in [5.41, 5.74) is 2.44. The third-order valence-electron chi connectivity index (χ3n) is 4.35. The van der Waals surface area contributed by atoms with Crippen molar-refractivity contribution in [3.8, 4) is 0 Å². The lowest BCUT2D eigenvalue weighted by Gasteiger charge is -2.29. The zero-order valence-electron chi connectivity index (χ0n) is 12.1. The molecule has 1 saturated carbocycles. The SMILES string of the molecule is CNC(=O)N[C@H]1CCC[C@@H](c2c[nH]c3ccc(Cl)cc23)C1. The first-order valence-electron chi connectivity index (χ1n) is 7.42. The van der Waals surface area contributed by atoms with Gasteiger partial charge in [0, 0.05) is 35.2 Å². The Morgan fingerprint density at radius 3 is 3.05 bits per heavy atom. The van der Waals surface area contributed by atoms with Gasteiger partial charge < -0.3 is 15.6 Å². The number of urea groups is 1. The molecule has 0 bridgehead atoms. The molecule has 2 amide bonds. The number of carbonyl (C=O) groups excluding carboxylic acids is 1. The molecular weight excluding hydrogens is 286 g/mol. The number of fused-ring (bicyclic) bond motifs is 1. The largest absolute Gasteiger partial charge is 0.361 e. The monoisotopic (exact) mass is 305 g/mol. The predicted octanol–water partition coefficient (Wildman–Crippen LogP) is 3.78. The van der Waals surface area contributed by atoms with E-state index >= 15 is 0 Å². The fraction of sp³-hybridized carbons (Fsp3) is 0.438. The average molecular weight is 306 g/mol. The minimum atomic E-state index is -0.0948. The quantitative estimate of drug-likeness (QED) is 0.777. The van der Waals surface area contributed by atoms with Crippen molar-refractivity contribution in [3.63, 3.8) is 0 Å². The summed E-state index contributed by atoms with van der Waals surface area (Å²) in [6.45, 7) is 0. The van der Waals surface area contributed by atoms with E-state index in [1.165, 1.54) is 10.9 Å². The van der Waals surface area contributed by atoms with Gasteiger partial charge in [0.25, 0.3) is 0 Å². The Morgan fingerprint density at radius 2 is 2.24 bits per heavy atom. The first-order chi connectivity index (χ1) is 10.2. The van der Waals surface area contributed by atoms with Gasteiger partial charge in [-0.3, -0.25) is 0 Å². The molecule has 0 aliphatic heterocycles. The Morgan fingerprint density at radius 1 is 1.38 bits per heavy atom. The van der Waals surface area contributed by atoms with Crippen molar-refractivity contribution in [2.75, 3.05) is 7.05 Å². The number of amides is 2. The zero-order chi connectivity index (χ0) is 14.8. The number of rotatable bonds is 2. The Hall–Kier alpha value is -1.68. The van der Waals surface area contributed by atoms with Crippen molar-refractivity contribution in [1.82, 2.24) is 15.6 Å². The van der Waals surface area contributed by atoms with Crippen LogP contribution < -0.4 is 10.6 Å². The molecule has 1 fully saturated rings. The second-order valence-corrected chi connectivity index (χ2v) is 6.15. The first-order valence-corrected chi connectivity index (χ1v) is 7.80. The molecule has 0 spiro atoms. The van der Waals surface area contributed by atoms with Crippen LogP contribution in [0.2, 0.25) is 5.02 Å². The van der Waals surface area contributed by atoms with Crippen LogP contribution in [-0.2, 0) is 0 Å². The molecule has 0 radical (unpaired) electrons. The maximum Gasteiger partial charge on any atom is 0.314 e. The van der Waals surface area contributed by atoms with Crippen molar-refractivity contribution in [1.29, 1.82) is 0 Å². The molecule has 2 aromatic rings. The van der Waals surface area contributed by atoms with Gasteiger partial charge in [-0.25, -0.2) is 4.79 Å². The normalized spacial score (nSPS) is 22.2. The van der Waals surface area contributed by atoms with Gasteiger partial charge in [0.1, 0.15) is 0 Å². The van der Waals surface area contributed by atoms with Crippen molar-refractivity contribution < 1.29 is 4.79 Å². The summed E-state index contributed by atoms with van der Waals surface area (Å²) < 4.78 is 0. The Labute approximate surface area is 129 Å². The van der Waals surface area contributed by atoms with E-state index in [9.17, 15) is 4.79 Å². The second kappa shape index (κ2) is 5.98. The molecule has 1 aliphatic carbocycles. The van der Waals surface area contributed by atoms with Crippen molar-refractivity contribution >= 4 is 28.5 Å². The van der Waals surface area contributed by atoms with Gasteiger partial charge in [-0.15, -0.1) is 0 Å². The van der Waals surface area contributed by atoms with Gasteiger partial charge in [0.15, 0.2) is 0 Å². The number of aromatic amines is 1. The molecule has 1 aromatic heterocycles. The highest BCUT2D eigenvalue weighted by molar-refractivity contribution is 6.31. The zero-order valence-corrected chi connectivity index (χ0v) is 12.8. The summed E-state index contributed by atoms with van der Waals surface area (Å²) >= 11 is 6.12. The molecule has 0 saturated heterocycles. The summed E-state index contributed by atoms with van der Waals surface area (Å²) in [7, 11) is 1.65. The van der Waals surface area contributed by atoms with E-state index < -0.39 is 0 Å². The fourth-order valence-corrected chi connectivity index (χ4v) is 3.49. The van der Waals surface area contributed by atoms with Crippen LogP contribution in [0.5, 0.6) is 0 Å². The molecule has 21 heavy (non-hydrogen) atoms. The lowest BCUT2D eigenvalue weighted by molar-refractivity contribution is 0.233. The van der Waals surface area contributed by atoms with Crippen LogP contribution >= 0.6 is 11.6 Å². The van der Waals surface area contributed by atoms with E-state index in [0.29, 0.717) is 5.92 Å². The Kier molecular flexibility index (Phi) is 4.06. The highest BCUT2D eigenvalue weighted by Gasteiger charge is 2.25.